The van der Waals surface area contributed by atoms with E-state index in [9.17, 15) is 14.4 Å². The molecule has 1 fully saturated rings. The summed E-state index contributed by atoms with van der Waals surface area (Å²) in [6.45, 7) is 3.49. The van der Waals surface area contributed by atoms with Crippen LogP contribution >= 0.6 is 0 Å². The molecular weight excluding hydrogens is 564 g/mol. The molecule has 10 heteroatoms. The standard InChI is InChI=1S/C34H40N2O8/c1-5-43-21-25-19-29(40-2)31(30(20-25)41-3)26-15-13-23(14-16-26)18-27(33(38)42-4)35-32(37)28-12-9-17-36(28)34(39)44-22-24-10-7-6-8-11-24/h6-8,10-11,13-16,19-20,27-28H,5,9,12,17-18,21-22H2,1-4H3,(H,35,37)/t27-,28-/m0/s1. The Bertz CT molecular complexity index is 1390. The van der Waals surface area contributed by atoms with E-state index >= 15 is 0 Å². The number of carbonyl (C=O) groups excluding carboxylic acids is 3. The summed E-state index contributed by atoms with van der Waals surface area (Å²) < 4.78 is 27.4. The van der Waals surface area contributed by atoms with Gasteiger partial charge in [0, 0.05) is 19.6 Å². The van der Waals surface area contributed by atoms with Crippen LogP contribution in [0.2, 0.25) is 0 Å². The van der Waals surface area contributed by atoms with Crippen molar-refractivity contribution in [1.82, 2.24) is 10.2 Å². The smallest absolute Gasteiger partial charge is 0.410 e. The van der Waals surface area contributed by atoms with E-state index in [1.165, 1.54) is 12.0 Å². The number of nitrogens with zero attached hydrogens (tertiary/aromatic N) is 1. The Morgan fingerprint density at radius 1 is 0.886 bits per heavy atom. The molecule has 1 aliphatic rings. The molecule has 0 saturated carbocycles. The molecule has 0 spiro atoms. The molecule has 2 atom stereocenters. The van der Waals surface area contributed by atoms with Crippen molar-refractivity contribution in [1.29, 1.82) is 0 Å². The number of nitrogens with one attached hydrogen (secondary N) is 1. The van der Waals surface area contributed by atoms with Crippen molar-refractivity contribution in [3.05, 3.63) is 83.4 Å². The first-order valence-corrected chi connectivity index (χ1v) is 14.7. The van der Waals surface area contributed by atoms with Crippen LogP contribution < -0.4 is 14.8 Å². The Morgan fingerprint density at radius 2 is 1.57 bits per heavy atom. The molecule has 44 heavy (non-hydrogen) atoms. The lowest BCUT2D eigenvalue weighted by atomic mass is 9.98. The second-order valence-electron chi connectivity index (χ2n) is 10.4. The maximum atomic E-state index is 13.3. The van der Waals surface area contributed by atoms with Gasteiger partial charge >= 0.3 is 12.1 Å². The van der Waals surface area contributed by atoms with Gasteiger partial charge in [0.25, 0.3) is 0 Å². The second kappa shape index (κ2) is 15.8. The summed E-state index contributed by atoms with van der Waals surface area (Å²) in [5.41, 5.74) is 4.25. The van der Waals surface area contributed by atoms with Crippen LogP contribution in [0.5, 0.6) is 11.5 Å². The molecule has 1 aliphatic heterocycles. The molecule has 1 saturated heterocycles. The lowest BCUT2D eigenvalue weighted by molar-refractivity contribution is -0.145. The second-order valence-corrected chi connectivity index (χ2v) is 10.4. The zero-order chi connectivity index (χ0) is 31.5. The number of hydrogen-bond acceptors (Lipinski definition) is 8. The van der Waals surface area contributed by atoms with Gasteiger partial charge in [-0.25, -0.2) is 9.59 Å². The highest BCUT2D eigenvalue weighted by Crippen LogP contribution is 2.40. The molecule has 3 aromatic carbocycles. The molecule has 1 N–H and O–H groups in total. The quantitative estimate of drug-likeness (QED) is 0.274. The highest BCUT2D eigenvalue weighted by molar-refractivity contribution is 5.90. The van der Waals surface area contributed by atoms with Gasteiger partial charge in [-0.2, -0.15) is 0 Å². The lowest BCUT2D eigenvalue weighted by Crippen LogP contribution is -2.51. The first-order chi connectivity index (χ1) is 21.4. The number of rotatable bonds is 13. The number of hydrogen-bond donors (Lipinski definition) is 1. The first kappa shape index (κ1) is 32.3. The van der Waals surface area contributed by atoms with E-state index in [-0.39, 0.29) is 13.0 Å². The predicted octanol–water partition coefficient (Wildman–Crippen LogP) is 4.91. The fraction of sp³-hybridized carbons (Fsp3) is 0.382. The Labute approximate surface area is 258 Å². The lowest BCUT2D eigenvalue weighted by Gasteiger charge is -2.25. The highest BCUT2D eigenvalue weighted by atomic mass is 16.6. The van der Waals surface area contributed by atoms with Gasteiger partial charge < -0.3 is 29.0 Å². The predicted molar refractivity (Wildman–Crippen MR) is 164 cm³/mol. The number of methoxy groups -OCH3 is 3. The van der Waals surface area contributed by atoms with Gasteiger partial charge in [0.1, 0.15) is 30.2 Å². The van der Waals surface area contributed by atoms with E-state index in [1.54, 1.807) is 14.2 Å². The third kappa shape index (κ3) is 8.08. The normalized spacial score (nSPS) is 14.9. The third-order valence-electron chi connectivity index (χ3n) is 7.52. The highest BCUT2D eigenvalue weighted by Gasteiger charge is 2.37. The third-order valence-corrected chi connectivity index (χ3v) is 7.52. The summed E-state index contributed by atoms with van der Waals surface area (Å²) in [5.74, 6) is 0.296. The number of carbonyl (C=O) groups is 3. The van der Waals surface area contributed by atoms with E-state index in [0.717, 1.165) is 27.8 Å². The molecule has 0 bridgehead atoms. The largest absolute Gasteiger partial charge is 0.496 e. The van der Waals surface area contributed by atoms with Crippen LogP contribution in [0.1, 0.15) is 36.5 Å². The van der Waals surface area contributed by atoms with Gasteiger partial charge in [0.15, 0.2) is 0 Å². The maximum Gasteiger partial charge on any atom is 0.410 e. The van der Waals surface area contributed by atoms with Crippen LogP contribution in [-0.2, 0) is 43.4 Å². The molecule has 2 amide bonds. The van der Waals surface area contributed by atoms with Gasteiger partial charge in [-0.15, -0.1) is 0 Å². The number of esters is 1. The van der Waals surface area contributed by atoms with Gasteiger partial charge in [-0.3, -0.25) is 9.69 Å². The van der Waals surface area contributed by atoms with Crippen molar-refractivity contribution >= 4 is 18.0 Å². The van der Waals surface area contributed by atoms with Crippen molar-refractivity contribution in [2.45, 2.75) is 51.5 Å². The molecule has 0 unspecified atom stereocenters. The topological polar surface area (TPSA) is 113 Å². The Kier molecular flexibility index (Phi) is 11.6. The van der Waals surface area contributed by atoms with Crippen LogP contribution in [0.4, 0.5) is 4.79 Å². The summed E-state index contributed by atoms with van der Waals surface area (Å²) in [5, 5.41) is 2.81. The van der Waals surface area contributed by atoms with Crippen LogP contribution in [0, 0.1) is 0 Å². The molecule has 0 radical (unpaired) electrons. The van der Waals surface area contributed by atoms with Crippen molar-refractivity contribution in [2.24, 2.45) is 0 Å². The van der Waals surface area contributed by atoms with Gasteiger partial charge in [-0.05, 0) is 54.2 Å². The molecule has 234 valence electrons. The number of ether oxygens (including phenoxy) is 5. The maximum absolute atomic E-state index is 13.3. The van der Waals surface area contributed by atoms with Crippen molar-refractivity contribution in [3.63, 3.8) is 0 Å². The van der Waals surface area contributed by atoms with Crippen LogP contribution in [0.15, 0.2) is 66.7 Å². The summed E-state index contributed by atoms with van der Waals surface area (Å²) in [7, 11) is 4.49. The van der Waals surface area contributed by atoms with E-state index in [4.69, 9.17) is 23.7 Å². The van der Waals surface area contributed by atoms with Gasteiger partial charge in [-0.1, -0.05) is 54.6 Å². The summed E-state index contributed by atoms with van der Waals surface area (Å²) in [6.07, 6.45) is 0.768. The van der Waals surface area contributed by atoms with Crippen molar-refractivity contribution in [3.8, 4) is 22.6 Å². The molecular formula is C34H40N2O8. The average molecular weight is 605 g/mol. The zero-order valence-electron chi connectivity index (χ0n) is 25.7. The molecule has 0 aromatic heterocycles. The van der Waals surface area contributed by atoms with Crippen molar-refractivity contribution in [2.75, 3.05) is 34.5 Å². The average Bonchev–Trinajstić information content (AvgIpc) is 3.56. The van der Waals surface area contributed by atoms with E-state index in [2.05, 4.69) is 5.32 Å². The molecule has 3 aromatic rings. The van der Waals surface area contributed by atoms with E-state index < -0.39 is 30.1 Å². The Balaban J connectivity index is 1.45. The Morgan fingerprint density at radius 3 is 2.18 bits per heavy atom. The minimum absolute atomic E-state index is 0.112. The van der Waals surface area contributed by atoms with Gasteiger partial charge in [0.05, 0.1) is 33.5 Å². The summed E-state index contributed by atoms with van der Waals surface area (Å²) in [4.78, 5) is 40.3. The molecule has 0 aliphatic carbocycles. The van der Waals surface area contributed by atoms with Crippen LogP contribution in [0.3, 0.4) is 0 Å². The van der Waals surface area contributed by atoms with Crippen molar-refractivity contribution < 1.29 is 38.1 Å². The minimum atomic E-state index is -0.942. The fourth-order valence-electron chi connectivity index (χ4n) is 5.26. The minimum Gasteiger partial charge on any atom is -0.496 e. The number of benzene rings is 3. The number of amides is 2. The van der Waals surface area contributed by atoms with Gasteiger partial charge in [0.2, 0.25) is 5.91 Å². The SMILES string of the molecule is CCOCc1cc(OC)c(-c2ccc(C[C@H](NC(=O)[C@@H]3CCCN3C(=O)OCc3ccccc3)C(=O)OC)cc2)c(OC)c1. The monoisotopic (exact) mass is 604 g/mol. The summed E-state index contributed by atoms with van der Waals surface area (Å²) >= 11 is 0. The molecule has 1 heterocycles. The Hall–Kier alpha value is -4.57. The van der Waals surface area contributed by atoms with E-state index in [1.807, 2.05) is 73.7 Å². The fourth-order valence-corrected chi connectivity index (χ4v) is 5.26. The first-order valence-electron chi connectivity index (χ1n) is 14.7. The van der Waals surface area contributed by atoms with Crippen LogP contribution in [-0.4, -0.2) is 69.4 Å². The van der Waals surface area contributed by atoms with Crippen LogP contribution in [0.25, 0.3) is 11.1 Å². The molecule has 4 rings (SSSR count). The summed E-state index contributed by atoms with van der Waals surface area (Å²) in [6, 6.07) is 19.1. The zero-order valence-corrected chi connectivity index (χ0v) is 25.7. The molecule has 10 nitrogen and oxygen atoms in total. The number of likely N-dealkylation sites (tertiary alicyclic amines) is 1. The van der Waals surface area contributed by atoms with E-state index in [0.29, 0.717) is 44.1 Å².